The van der Waals surface area contributed by atoms with Crippen LogP contribution in [0.3, 0.4) is 0 Å². The third-order valence-corrected chi connectivity index (χ3v) is 4.40. The highest BCUT2D eigenvalue weighted by atomic mass is 35.5. The minimum absolute atomic E-state index is 0.0409. The van der Waals surface area contributed by atoms with Gasteiger partial charge in [0.15, 0.2) is 11.6 Å². The summed E-state index contributed by atoms with van der Waals surface area (Å²) in [6.07, 6.45) is -4.78. The Morgan fingerprint density at radius 3 is 2.63 bits per heavy atom. The Hall–Kier alpha value is -3.08. The lowest BCUT2D eigenvalue weighted by molar-refractivity contribution is -0.646. The number of carbonyl (C=O) groups is 1. The zero-order valence-corrected chi connectivity index (χ0v) is 16.3. The van der Waals surface area contributed by atoms with E-state index < -0.39 is 40.3 Å². The monoisotopic (exact) mass is 447 g/mol. The maximum absolute atomic E-state index is 14.2. The molecule has 1 aromatic heterocycles. The molecule has 3 rings (SSSR count). The number of carbonyl (C=O) groups excluding carboxylic acids is 1. The number of alkyl halides is 3. The minimum atomic E-state index is -4.78. The normalized spacial score (nSPS) is 12.8. The van der Waals surface area contributed by atoms with Gasteiger partial charge in [-0.1, -0.05) is 11.6 Å². The van der Waals surface area contributed by atoms with Crippen LogP contribution in [0.1, 0.15) is 25.5 Å². The molecule has 1 unspecified atom stereocenters. The first-order chi connectivity index (χ1) is 14.0. The molecule has 0 amide bonds. The molecule has 0 radical (unpaired) electrons. The first kappa shape index (κ1) is 21.6. The van der Waals surface area contributed by atoms with Crippen molar-refractivity contribution in [3.63, 3.8) is 0 Å². The van der Waals surface area contributed by atoms with Crippen molar-refractivity contribution in [3.05, 3.63) is 51.9 Å². The van der Waals surface area contributed by atoms with E-state index in [1.807, 2.05) is 0 Å². The highest BCUT2D eigenvalue weighted by Crippen LogP contribution is 2.39. The molecule has 160 valence electrons. The van der Waals surface area contributed by atoms with Crippen molar-refractivity contribution in [2.45, 2.75) is 26.1 Å². The van der Waals surface area contributed by atoms with Gasteiger partial charge in [0.25, 0.3) is 0 Å². The van der Waals surface area contributed by atoms with Crippen LogP contribution in [0.15, 0.2) is 30.3 Å². The van der Waals surface area contributed by atoms with E-state index in [0.717, 1.165) is 4.68 Å². The van der Waals surface area contributed by atoms with Crippen LogP contribution in [0.2, 0.25) is 5.02 Å². The van der Waals surface area contributed by atoms with Crippen molar-refractivity contribution in [3.8, 4) is 11.5 Å². The van der Waals surface area contributed by atoms with Gasteiger partial charge in [-0.2, -0.15) is 13.2 Å². The Morgan fingerprint density at radius 1 is 1.33 bits per heavy atom. The van der Waals surface area contributed by atoms with Gasteiger partial charge in [-0.3, -0.25) is 0 Å². The van der Waals surface area contributed by atoms with Crippen LogP contribution in [0.25, 0.3) is 11.0 Å². The molecule has 0 N–H and O–H groups in total. The summed E-state index contributed by atoms with van der Waals surface area (Å²) >= 11 is 5.77. The zero-order valence-electron chi connectivity index (χ0n) is 15.5. The Bertz CT molecular complexity index is 1090. The second-order valence-corrected chi connectivity index (χ2v) is 6.56. The summed E-state index contributed by atoms with van der Waals surface area (Å²) in [7, 11) is 0. The predicted molar refractivity (Wildman–Crippen MR) is 96.5 cm³/mol. The van der Waals surface area contributed by atoms with Crippen LogP contribution in [0.4, 0.5) is 17.6 Å². The number of hydrogen-bond donors (Lipinski definition) is 0. The van der Waals surface area contributed by atoms with Gasteiger partial charge in [0.1, 0.15) is 5.75 Å². The van der Waals surface area contributed by atoms with E-state index in [-0.39, 0.29) is 34.3 Å². The van der Waals surface area contributed by atoms with Crippen LogP contribution in [0, 0.1) is 11.0 Å². The SMILES string of the molecule is CCOC(=O)C(C)n1n[n+]([O-])c2ccc(Oc3c(F)cc(C(F)(F)F)cc3Cl)cc21. The Labute approximate surface area is 171 Å². The molecule has 1 atom stereocenters. The summed E-state index contributed by atoms with van der Waals surface area (Å²) in [6.45, 7) is 3.21. The third kappa shape index (κ3) is 4.11. The van der Waals surface area contributed by atoms with Gasteiger partial charge in [-0.15, -0.1) is 9.53 Å². The molecule has 0 bridgehead atoms. The fourth-order valence-corrected chi connectivity index (χ4v) is 2.93. The second-order valence-electron chi connectivity index (χ2n) is 6.15. The molecule has 7 nitrogen and oxygen atoms in total. The van der Waals surface area contributed by atoms with Gasteiger partial charge in [-0.25, -0.2) is 9.18 Å². The molecular weight excluding hydrogens is 434 g/mol. The molecule has 3 aromatic rings. The van der Waals surface area contributed by atoms with E-state index in [4.69, 9.17) is 21.1 Å². The van der Waals surface area contributed by atoms with Crippen LogP contribution >= 0.6 is 11.6 Å². The summed E-state index contributed by atoms with van der Waals surface area (Å²) in [5, 5.41) is 15.1. The fraction of sp³-hybridized carbons (Fsp3) is 0.278. The van der Waals surface area contributed by atoms with Gasteiger partial charge in [0.05, 0.1) is 22.4 Å². The predicted octanol–water partition coefficient (Wildman–Crippen LogP) is 4.40. The van der Waals surface area contributed by atoms with Gasteiger partial charge in [0.2, 0.25) is 17.1 Å². The summed E-state index contributed by atoms with van der Waals surface area (Å²) in [6, 6.07) is 3.71. The van der Waals surface area contributed by atoms with E-state index in [0.29, 0.717) is 6.07 Å². The molecule has 0 aliphatic heterocycles. The van der Waals surface area contributed by atoms with Gasteiger partial charge in [0, 0.05) is 6.07 Å². The highest BCUT2D eigenvalue weighted by Gasteiger charge is 2.33. The van der Waals surface area contributed by atoms with Crippen LogP contribution in [-0.2, 0) is 15.7 Å². The number of esters is 1. The largest absolute Gasteiger partial charge is 0.691 e. The highest BCUT2D eigenvalue weighted by molar-refractivity contribution is 6.32. The van der Waals surface area contributed by atoms with Crippen LogP contribution in [-0.4, -0.2) is 22.5 Å². The Morgan fingerprint density at radius 2 is 2.03 bits per heavy atom. The summed E-state index contributed by atoms with van der Waals surface area (Å²) < 4.78 is 63.9. The first-order valence-corrected chi connectivity index (χ1v) is 8.93. The lowest BCUT2D eigenvalue weighted by Crippen LogP contribution is -2.31. The average molecular weight is 448 g/mol. The number of rotatable bonds is 5. The topological polar surface area (TPSA) is 80.3 Å². The van der Waals surface area contributed by atoms with E-state index >= 15 is 0 Å². The lowest BCUT2D eigenvalue weighted by Gasteiger charge is -2.12. The first-order valence-electron chi connectivity index (χ1n) is 8.55. The molecule has 0 saturated heterocycles. The van der Waals surface area contributed by atoms with Crippen molar-refractivity contribution in [1.82, 2.24) is 9.90 Å². The van der Waals surface area contributed by atoms with Crippen LogP contribution in [0.5, 0.6) is 11.5 Å². The Balaban J connectivity index is 2.00. The number of halogens is 5. The zero-order chi connectivity index (χ0) is 22.2. The molecular formula is C18H14ClF4N3O4. The molecule has 0 aliphatic rings. The average Bonchev–Trinajstić information content (AvgIpc) is 2.99. The number of ether oxygens (including phenoxy) is 2. The van der Waals surface area contributed by atoms with Crippen molar-refractivity contribution < 1.29 is 36.7 Å². The maximum Gasteiger partial charge on any atom is 0.416 e. The van der Waals surface area contributed by atoms with Gasteiger partial charge in [-0.05, 0) is 38.1 Å². The van der Waals surface area contributed by atoms with Crippen molar-refractivity contribution >= 4 is 28.6 Å². The quantitative estimate of drug-likeness (QED) is 0.251. The molecule has 30 heavy (non-hydrogen) atoms. The summed E-state index contributed by atoms with van der Waals surface area (Å²) in [5.41, 5.74) is -1.02. The molecule has 0 spiro atoms. The summed E-state index contributed by atoms with van der Waals surface area (Å²) in [4.78, 5) is 12.3. The van der Waals surface area contributed by atoms with E-state index in [2.05, 4.69) is 5.21 Å². The van der Waals surface area contributed by atoms with E-state index in [1.54, 1.807) is 6.92 Å². The molecule has 0 aliphatic carbocycles. The summed E-state index contributed by atoms with van der Waals surface area (Å²) in [5.74, 6) is -2.61. The number of hydrogen-bond acceptors (Lipinski definition) is 5. The smallest absolute Gasteiger partial charge is 0.416 e. The van der Waals surface area contributed by atoms with Crippen molar-refractivity contribution in [2.24, 2.45) is 0 Å². The molecule has 12 heteroatoms. The van der Waals surface area contributed by atoms with Gasteiger partial charge < -0.3 is 14.7 Å². The number of aromatic nitrogens is 3. The standard InChI is InChI=1S/C18H14ClF4N3O4/c1-3-29-17(27)9(2)25-15-8-11(4-5-14(15)26(28)24-25)30-16-12(19)6-10(7-13(16)20)18(21,22)23/h4-9H,3H2,1-2H3. The number of fused-ring (bicyclic) bond motifs is 1. The van der Waals surface area contributed by atoms with Crippen molar-refractivity contribution in [2.75, 3.05) is 6.61 Å². The molecule has 0 fully saturated rings. The van der Waals surface area contributed by atoms with E-state index in [9.17, 15) is 27.6 Å². The maximum atomic E-state index is 14.2. The van der Waals surface area contributed by atoms with Crippen molar-refractivity contribution in [1.29, 1.82) is 0 Å². The second kappa shape index (κ2) is 7.98. The van der Waals surface area contributed by atoms with Crippen LogP contribution < -0.4 is 9.58 Å². The lowest BCUT2D eigenvalue weighted by atomic mass is 10.2. The molecule has 2 aromatic carbocycles. The fourth-order valence-electron chi connectivity index (χ4n) is 2.68. The third-order valence-electron chi connectivity index (χ3n) is 4.12. The number of nitrogens with zero attached hydrogens (tertiary/aromatic N) is 3. The number of benzene rings is 2. The minimum Gasteiger partial charge on any atom is -0.691 e. The van der Waals surface area contributed by atoms with Gasteiger partial charge >= 0.3 is 12.1 Å². The van der Waals surface area contributed by atoms with E-state index in [1.165, 1.54) is 25.1 Å². The molecule has 1 heterocycles. The Kier molecular flexibility index (Phi) is 5.75. The molecule has 0 saturated carbocycles.